The molecule has 2 heterocycles. The lowest BCUT2D eigenvalue weighted by Gasteiger charge is -2.23. The number of hydrogen-bond donors (Lipinski definition) is 0. The number of nitrogens with zero attached hydrogens (tertiary/aromatic N) is 2. The molecule has 1 amide bonds. The zero-order valence-corrected chi connectivity index (χ0v) is 9.83. The predicted molar refractivity (Wildman–Crippen MR) is 63.5 cm³/mol. The molecule has 2 aromatic rings. The Bertz CT molecular complexity index is 479. The summed E-state index contributed by atoms with van der Waals surface area (Å²) in [6, 6.07) is 7.07. The average molecular weight is 230 g/mol. The van der Waals surface area contributed by atoms with Crippen molar-refractivity contribution in [1.82, 2.24) is 9.88 Å². The molecular weight excluding hydrogens is 216 g/mol. The Hall–Kier alpha value is -2.10. The number of amides is 1. The number of furan rings is 1. The second kappa shape index (κ2) is 4.82. The molecule has 0 fully saturated rings. The molecule has 4 nitrogen and oxygen atoms in total. The van der Waals surface area contributed by atoms with Crippen molar-refractivity contribution in [1.29, 1.82) is 0 Å². The number of pyridine rings is 1. The van der Waals surface area contributed by atoms with Gasteiger partial charge in [-0.05, 0) is 31.2 Å². The van der Waals surface area contributed by atoms with Crippen LogP contribution in [-0.2, 0) is 0 Å². The molecular formula is C13H14N2O2. The van der Waals surface area contributed by atoms with E-state index in [2.05, 4.69) is 4.98 Å². The Kier molecular flexibility index (Phi) is 3.23. The third kappa shape index (κ3) is 2.36. The molecule has 0 radical (unpaired) electrons. The monoisotopic (exact) mass is 230 g/mol. The number of hydrogen-bond acceptors (Lipinski definition) is 3. The Morgan fingerprint density at radius 2 is 2.24 bits per heavy atom. The van der Waals surface area contributed by atoms with E-state index in [0.29, 0.717) is 5.56 Å². The molecule has 2 aromatic heterocycles. The summed E-state index contributed by atoms with van der Waals surface area (Å²) in [6.07, 6.45) is 4.81. The van der Waals surface area contributed by atoms with Gasteiger partial charge in [-0.2, -0.15) is 0 Å². The summed E-state index contributed by atoms with van der Waals surface area (Å²) >= 11 is 0. The van der Waals surface area contributed by atoms with Gasteiger partial charge in [-0.1, -0.05) is 0 Å². The summed E-state index contributed by atoms with van der Waals surface area (Å²) in [4.78, 5) is 17.7. The fraction of sp³-hybridized carbons (Fsp3) is 0.231. The minimum absolute atomic E-state index is 0.0676. The number of aromatic nitrogens is 1. The van der Waals surface area contributed by atoms with Crippen molar-refractivity contribution in [3.63, 3.8) is 0 Å². The van der Waals surface area contributed by atoms with Crippen molar-refractivity contribution in [3.05, 3.63) is 54.2 Å². The van der Waals surface area contributed by atoms with Gasteiger partial charge < -0.3 is 9.32 Å². The van der Waals surface area contributed by atoms with E-state index in [1.165, 1.54) is 0 Å². The highest BCUT2D eigenvalue weighted by atomic mass is 16.3. The second-order valence-electron chi connectivity index (χ2n) is 3.85. The summed E-state index contributed by atoms with van der Waals surface area (Å²) in [7, 11) is 1.75. The first-order valence-electron chi connectivity index (χ1n) is 5.40. The zero-order valence-electron chi connectivity index (χ0n) is 9.83. The van der Waals surface area contributed by atoms with Crippen LogP contribution in [0.15, 0.2) is 47.3 Å². The van der Waals surface area contributed by atoms with Crippen molar-refractivity contribution in [2.24, 2.45) is 0 Å². The zero-order chi connectivity index (χ0) is 12.3. The van der Waals surface area contributed by atoms with Gasteiger partial charge in [-0.25, -0.2) is 0 Å². The summed E-state index contributed by atoms with van der Waals surface area (Å²) in [5.41, 5.74) is 0.577. The van der Waals surface area contributed by atoms with Gasteiger partial charge in [0.15, 0.2) is 0 Å². The first-order valence-corrected chi connectivity index (χ1v) is 5.40. The maximum absolute atomic E-state index is 12.1. The molecule has 0 N–H and O–H groups in total. The molecule has 0 aliphatic heterocycles. The van der Waals surface area contributed by atoms with Gasteiger partial charge >= 0.3 is 0 Å². The summed E-state index contributed by atoms with van der Waals surface area (Å²) in [6.45, 7) is 1.92. The second-order valence-corrected chi connectivity index (χ2v) is 3.85. The maximum atomic E-state index is 12.1. The van der Waals surface area contributed by atoms with E-state index >= 15 is 0 Å². The lowest BCUT2D eigenvalue weighted by Crippen LogP contribution is -2.29. The first kappa shape index (κ1) is 11.4. The van der Waals surface area contributed by atoms with E-state index < -0.39 is 0 Å². The highest BCUT2D eigenvalue weighted by Crippen LogP contribution is 2.20. The highest BCUT2D eigenvalue weighted by molar-refractivity contribution is 5.93. The van der Waals surface area contributed by atoms with E-state index in [9.17, 15) is 4.79 Å². The lowest BCUT2D eigenvalue weighted by molar-refractivity contribution is 0.0726. The van der Waals surface area contributed by atoms with Crippen molar-refractivity contribution < 1.29 is 9.21 Å². The van der Waals surface area contributed by atoms with Crippen LogP contribution in [0.4, 0.5) is 0 Å². The SMILES string of the molecule is CC(c1ccco1)N(C)C(=O)c1cccnc1. The van der Waals surface area contributed by atoms with Crippen LogP contribution in [0.3, 0.4) is 0 Å². The van der Waals surface area contributed by atoms with E-state index in [0.717, 1.165) is 5.76 Å². The molecule has 1 atom stereocenters. The smallest absolute Gasteiger partial charge is 0.255 e. The Balaban J connectivity index is 2.16. The van der Waals surface area contributed by atoms with Gasteiger partial charge in [0.2, 0.25) is 0 Å². The fourth-order valence-corrected chi connectivity index (χ4v) is 1.59. The van der Waals surface area contributed by atoms with E-state index in [-0.39, 0.29) is 11.9 Å². The molecule has 0 saturated carbocycles. The Morgan fingerprint density at radius 1 is 1.41 bits per heavy atom. The van der Waals surface area contributed by atoms with Gasteiger partial charge in [-0.3, -0.25) is 9.78 Å². The van der Waals surface area contributed by atoms with E-state index in [4.69, 9.17) is 4.42 Å². The molecule has 0 aliphatic carbocycles. The van der Waals surface area contributed by atoms with Crippen LogP contribution in [-0.4, -0.2) is 22.8 Å². The minimum atomic E-state index is -0.0993. The minimum Gasteiger partial charge on any atom is -0.467 e. The predicted octanol–water partition coefficient (Wildman–Crippen LogP) is 2.51. The lowest BCUT2D eigenvalue weighted by atomic mass is 10.2. The summed E-state index contributed by atoms with van der Waals surface area (Å²) in [5.74, 6) is 0.701. The Morgan fingerprint density at radius 3 is 2.82 bits per heavy atom. The molecule has 0 saturated heterocycles. The molecule has 0 aromatic carbocycles. The average Bonchev–Trinajstić information content (AvgIpc) is 2.91. The quantitative estimate of drug-likeness (QED) is 0.813. The third-order valence-electron chi connectivity index (χ3n) is 2.76. The van der Waals surface area contributed by atoms with Gasteiger partial charge in [-0.15, -0.1) is 0 Å². The molecule has 0 bridgehead atoms. The molecule has 0 spiro atoms. The summed E-state index contributed by atoms with van der Waals surface area (Å²) < 4.78 is 5.29. The van der Waals surface area contributed by atoms with Crippen LogP contribution < -0.4 is 0 Å². The molecule has 2 rings (SSSR count). The van der Waals surface area contributed by atoms with E-state index in [1.54, 1.807) is 42.7 Å². The normalized spacial score (nSPS) is 12.1. The molecule has 0 aliphatic rings. The van der Waals surface area contributed by atoms with Crippen molar-refractivity contribution in [3.8, 4) is 0 Å². The van der Waals surface area contributed by atoms with Crippen LogP contribution in [0.25, 0.3) is 0 Å². The van der Waals surface area contributed by atoms with Gasteiger partial charge in [0.1, 0.15) is 5.76 Å². The molecule has 1 unspecified atom stereocenters. The van der Waals surface area contributed by atoms with Gasteiger partial charge in [0.25, 0.3) is 5.91 Å². The maximum Gasteiger partial charge on any atom is 0.255 e. The molecule has 17 heavy (non-hydrogen) atoms. The highest BCUT2D eigenvalue weighted by Gasteiger charge is 2.20. The van der Waals surface area contributed by atoms with Crippen molar-refractivity contribution in [2.75, 3.05) is 7.05 Å². The van der Waals surface area contributed by atoms with Crippen LogP contribution in [0.2, 0.25) is 0 Å². The third-order valence-corrected chi connectivity index (χ3v) is 2.76. The fourth-order valence-electron chi connectivity index (χ4n) is 1.59. The van der Waals surface area contributed by atoms with Crippen LogP contribution >= 0.6 is 0 Å². The van der Waals surface area contributed by atoms with Crippen LogP contribution in [0.5, 0.6) is 0 Å². The number of carbonyl (C=O) groups is 1. The Labute approximate surface area is 99.9 Å². The standard InChI is InChI=1S/C13H14N2O2/c1-10(12-6-4-8-17-12)15(2)13(16)11-5-3-7-14-9-11/h3-10H,1-2H3. The van der Waals surface area contributed by atoms with Gasteiger partial charge in [0.05, 0.1) is 17.9 Å². The molecule has 88 valence electrons. The van der Waals surface area contributed by atoms with Crippen LogP contribution in [0, 0.1) is 0 Å². The van der Waals surface area contributed by atoms with E-state index in [1.807, 2.05) is 19.1 Å². The number of rotatable bonds is 3. The van der Waals surface area contributed by atoms with Crippen molar-refractivity contribution in [2.45, 2.75) is 13.0 Å². The molecule has 4 heteroatoms. The summed E-state index contributed by atoms with van der Waals surface area (Å²) in [5, 5.41) is 0. The van der Waals surface area contributed by atoms with Crippen LogP contribution in [0.1, 0.15) is 29.1 Å². The topological polar surface area (TPSA) is 46.3 Å². The van der Waals surface area contributed by atoms with Gasteiger partial charge in [0, 0.05) is 19.4 Å². The first-order chi connectivity index (χ1) is 8.20. The van der Waals surface area contributed by atoms with Crippen molar-refractivity contribution >= 4 is 5.91 Å². The largest absolute Gasteiger partial charge is 0.467 e. The number of carbonyl (C=O) groups excluding carboxylic acids is 1.